The maximum atomic E-state index is 11.8. The fourth-order valence-electron chi connectivity index (χ4n) is 2.66. The Morgan fingerprint density at radius 2 is 2.27 bits per heavy atom. The maximum Gasteiger partial charge on any atom is 0.220 e. The van der Waals surface area contributed by atoms with Crippen LogP contribution in [0.3, 0.4) is 0 Å². The van der Waals surface area contributed by atoms with Crippen LogP contribution < -0.4 is 5.32 Å². The molecule has 0 spiro atoms. The summed E-state index contributed by atoms with van der Waals surface area (Å²) < 4.78 is 0. The number of hydrogen-bond acceptors (Lipinski definition) is 5. The van der Waals surface area contributed by atoms with Crippen molar-refractivity contribution in [1.82, 2.24) is 15.3 Å². The Morgan fingerprint density at radius 1 is 1.41 bits per heavy atom. The molecule has 2 aromatic heterocycles. The lowest BCUT2D eigenvalue weighted by Crippen LogP contribution is -2.27. The van der Waals surface area contributed by atoms with Crippen LogP contribution in [0.15, 0.2) is 11.4 Å². The lowest BCUT2D eigenvalue weighted by Gasteiger charge is -2.07. The largest absolute Gasteiger partial charge is 0.356 e. The number of aromatic nitrogens is 2. The SMILES string of the molecule is CC(C)CNC(=O)CCSc1ncnc2sc3c(c12)CCC3. The first-order valence-electron chi connectivity index (χ1n) is 7.80. The van der Waals surface area contributed by atoms with Gasteiger partial charge in [0.05, 0.1) is 0 Å². The van der Waals surface area contributed by atoms with E-state index in [1.165, 1.54) is 28.7 Å². The summed E-state index contributed by atoms with van der Waals surface area (Å²) in [6, 6.07) is 0. The van der Waals surface area contributed by atoms with Gasteiger partial charge in [0.1, 0.15) is 16.2 Å². The Bertz CT molecular complexity index is 681. The zero-order valence-electron chi connectivity index (χ0n) is 13.0. The van der Waals surface area contributed by atoms with Gasteiger partial charge in [0.15, 0.2) is 0 Å². The van der Waals surface area contributed by atoms with Crippen LogP contribution in [0.2, 0.25) is 0 Å². The van der Waals surface area contributed by atoms with E-state index in [4.69, 9.17) is 0 Å². The fourth-order valence-corrected chi connectivity index (χ4v) is 4.92. The van der Waals surface area contributed by atoms with Gasteiger partial charge in [-0.3, -0.25) is 4.79 Å². The van der Waals surface area contributed by atoms with Gasteiger partial charge < -0.3 is 5.32 Å². The van der Waals surface area contributed by atoms with Crippen molar-refractivity contribution in [3.05, 3.63) is 16.8 Å². The molecule has 6 heteroatoms. The summed E-state index contributed by atoms with van der Waals surface area (Å²) in [5, 5.41) is 5.25. The van der Waals surface area contributed by atoms with Gasteiger partial charge in [-0.25, -0.2) is 9.97 Å². The van der Waals surface area contributed by atoms with Crippen LogP contribution in [0.5, 0.6) is 0 Å². The summed E-state index contributed by atoms with van der Waals surface area (Å²) in [5.74, 6) is 1.38. The van der Waals surface area contributed by atoms with E-state index >= 15 is 0 Å². The van der Waals surface area contributed by atoms with Crippen molar-refractivity contribution >= 4 is 39.2 Å². The molecule has 0 fully saturated rings. The third-order valence-electron chi connectivity index (χ3n) is 3.74. The second-order valence-electron chi connectivity index (χ2n) is 6.01. The summed E-state index contributed by atoms with van der Waals surface area (Å²) in [6.07, 6.45) is 5.75. The molecule has 1 aliphatic carbocycles. The van der Waals surface area contributed by atoms with E-state index in [-0.39, 0.29) is 5.91 Å². The van der Waals surface area contributed by atoms with E-state index in [1.807, 2.05) is 11.3 Å². The highest BCUT2D eigenvalue weighted by Gasteiger charge is 2.21. The molecular formula is C16H21N3OS2. The second-order valence-corrected chi connectivity index (χ2v) is 8.18. The van der Waals surface area contributed by atoms with Crippen molar-refractivity contribution in [1.29, 1.82) is 0 Å². The topological polar surface area (TPSA) is 54.9 Å². The Labute approximate surface area is 139 Å². The Balaban J connectivity index is 1.63. The van der Waals surface area contributed by atoms with Crippen LogP contribution in [0.4, 0.5) is 0 Å². The molecule has 0 aromatic carbocycles. The van der Waals surface area contributed by atoms with Crippen molar-refractivity contribution < 1.29 is 4.79 Å². The zero-order valence-corrected chi connectivity index (χ0v) is 14.6. The molecule has 0 saturated carbocycles. The smallest absolute Gasteiger partial charge is 0.220 e. The summed E-state index contributed by atoms with van der Waals surface area (Å²) in [4.78, 5) is 23.2. The molecule has 1 N–H and O–H groups in total. The number of nitrogens with one attached hydrogen (secondary N) is 1. The van der Waals surface area contributed by atoms with Crippen molar-refractivity contribution in [2.45, 2.75) is 44.6 Å². The van der Waals surface area contributed by atoms with Crippen molar-refractivity contribution in [2.75, 3.05) is 12.3 Å². The number of carbonyl (C=O) groups is 1. The lowest BCUT2D eigenvalue weighted by molar-refractivity contribution is -0.120. The molecule has 0 bridgehead atoms. The van der Waals surface area contributed by atoms with Crippen LogP contribution in [0, 0.1) is 5.92 Å². The number of thiophene rings is 1. The molecule has 0 saturated heterocycles. The average Bonchev–Trinajstić information content (AvgIpc) is 3.05. The normalized spacial score (nSPS) is 13.8. The highest BCUT2D eigenvalue weighted by atomic mass is 32.2. The van der Waals surface area contributed by atoms with E-state index in [1.54, 1.807) is 18.1 Å². The maximum absolute atomic E-state index is 11.8. The molecule has 4 nitrogen and oxygen atoms in total. The summed E-state index contributed by atoms with van der Waals surface area (Å²) >= 11 is 3.49. The van der Waals surface area contributed by atoms with E-state index in [0.29, 0.717) is 12.3 Å². The molecular weight excluding hydrogens is 314 g/mol. The Morgan fingerprint density at radius 3 is 3.09 bits per heavy atom. The highest BCUT2D eigenvalue weighted by Crippen LogP contribution is 2.40. The molecule has 3 rings (SSSR count). The van der Waals surface area contributed by atoms with Gasteiger partial charge in [0.25, 0.3) is 0 Å². The van der Waals surface area contributed by atoms with Gasteiger partial charge in [-0.1, -0.05) is 13.8 Å². The predicted octanol–water partition coefficient (Wildman–Crippen LogP) is 3.43. The first kappa shape index (κ1) is 15.7. The minimum atomic E-state index is 0.127. The molecule has 22 heavy (non-hydrogen) atoms. The molecule has 1 aliphatic rings. The standard InChI is InChI=1S/C16H21N3OS2/c1-10(2)8-17-13(20)6-7-21-15-14-11-4-3-5-12(11)22-16(14)19-9-18-15/h9-10H,3-8H2,1-2H3,(H,17,20). The molecule has 0 atom stereocenters. The minimum absolute atomic E-state index is 0.127. The van der Waals surface area contributed by atoms with Crippen molar-refractivity contribution in [2.24, 2.45) is 5.92 Å². The molecule has 1 amide bonds. The van der Waals surface area contributed by atoms with E-state index in [9.17, 15) is 4.79 Å². The molecule has 2 heterocycles. The van der Waals surface area contributed by atoms with Gasteiger partial charge in [-0.2, -0.15) is 0 Å². The zero-order chi connectivity index (χ0) is 15.5. The van der Waals surface area contributed by atoms with Crippen LogP contribution in [-0.4, -0.2) is 28.2 Å². The van der Waals surface area contributed by atoms with E-state index < -0.39 is 0 Å². The monoisotopic (exact) mass is 335 g/mol. The number of rotatable bonds is 6. The Kier molecular flexibility index (Phi) is 4.98. The molecule has 0 aliphatic heterocycles. The lowest BCUT2D eigenvalue weighted by atomic mass is 10.2. The summed E-state index contributed by atoms with van der Waals surface area (Å²) in [6.45, 7) is 4.95. The fraction of sp³-hybridized carbons (Fsp3) is 0.562. The van der Waals surface area contributed by atoms with Crippen molar-refractivity contribution in [3.63, 3.8) is 0 Å². The average molecular weight is 335 g/mol. The van der Waals surface area contributed by atoms with Gasteiger partial charge in [0.2, 0.25) is 5.91 Å². The number of nitrogens with zero attached hydrogens (tertiary/aromatic N) is 2. The third kappa shape index (κ3) is 3.43. The second kappa shape index (κ2) is 6.96. The van der Waals surface area contributed by atoms with Crippen LogP contribution in [0.1, 0.15) is 37.1 Å². The number of aryl methyl sites for hydroxylation is 2. The Hall–Kier alpha value is -1.14. The number of hydrogen-bond donors (Lipinski definition) is 1. The molecule has 2 aromatic rings. The minimum Gasteiger partial charge on any atom is -0.356 e. The van der Waals surface area contributed by atoms with Gasteiger partial charge in [-0.05, 0) is 30.7 Å². The first-order chi connectivity index (χ1) is 10.6. The quantitative estimate of drug-likeness (QED) is 0.649. The van der Waals surface area contributed by atoms with Gasteiger partial charge in [0, 0.05) is 29.0 Å². The molecule has 0 unspecified atom stereocenters. The number of amides is 1. The van der Waals surface area contributed by atoms with E-state index in [2.05, 4.69) is 29.1 Å². The van der Waals surface area contributed by atoms with Crippen LogP contribution in [-0.2, 0) is 17.6 Å². The number of carbonyl (C=O) groups excluding carboxylic acids is 1. The molecule has 0 radical (unpaired) electrons. The predicted molar refractivity (Wildman–Crippen MR) is 92.6 cm³/mol. The van der Waals surface area contributed by atoms with E-state index in [0.717, 1.165) is 28.6 Å². The first-order valence-corrected chi connectivity index (χ1v) is 9.60. The molecule has 118 valence electrons. The highest BCUT2D eigenvalue weighted by molar-refractivity contribution is 7.99. The van der Waals surface area contributed by atoms with Crippen molar-refractivity contribution in [3.8, 4) is 0 Å². The van der Waals surface area contributed by atoms with Crippen LogP contribution in [0.25, 0.3) is 10.2 Å². The van der Waals surface area contributed by atoms with Gasteiger partial charge >= 0.3 is 0 Å². The summed E-state index contributed by atoms with van der Waals surface area (Å²) in [5.41, 5.74) is 1.45. The number of fused-ring (bicyclic) bond motifs is 3. The third-order valence-corrected chi connectivity index (χ3v) is 5.93. The summed E-state index contributed by atoms with van der Waals surface area (Å²) in [7, 11) is 0. The van der Waals surface area contributed by atoms with Crippen LogP contribution >= 0.6 is 23.1 Å². The number of thioether (sulfide) groups is 1. The van der Waals surface area contributed by atoms with Gasteiger partial charge in [-0.15, -0.1) is 23.1 Å².